The van der Waals surface area contributed by atoms with E-state index in [-0.39, 0.29) is 48.0 Å². The quantitative estimate of drug-likeness (QED) is 0.671. The maximum absolute atomic E-state index is 14.1. The van der Waals surface area contributed by atoms with Gasteiger partial charge >= 0.3 is 0 Å². The maximum Gasteiger partial charge on any atom is 0.258 e. The molecule has 1 aliphatic carbocycles. The van der Waals surface area contributed by atoms with E-state index in [1.807, 2.05) is 56.3 Å². The Kier molecular flexibility index (Phi) is 5.05. The van der Waals surface area contributed by atoms with Gasteiger partial charge in [-0.05, 0) is 47.4 Å². The molecule has 4 nitrogen and oxygen atoms in total. The van der Waals surface area contributed by atoms with Crippen molar-refractivity contribution in [1.82, 2.24) is 5.32 Å². The number of hydrogen-bond acceptors (Lipinski definition) is 3. The number of carbonyl (C=O) groups is 2. The molecule has 2 atom stereocenters. The molecule has 0 saturated heterocycles. The van der Waals surface area contributed by atoms with Gasteiger partial charge in [0.25, 0.3) is 5.91 Å². The van der Waals surface area contributed by atoms with Crippen LogP contribution in [0.2, 0.25) is 0 Å². The Hall–Kier alpha value is -3.21. The zero-order chi connectivity index (χ0) is 20.5. The monoisotopic (exact) mass is 391 g/mol. The summed E-state index contributed by atoms with van der Waals surface area (Å²) in [6, 6.07) is 16.6. The maximum atomic E-state index is 14.1. The normalized spacial score (nSPS) is 16.5. The predicted octanol–water partition coefficient (Wildman–Crippen LogP) is 4.93. The summed E-state index contributed by atoms with van der Waals surface area (Å²) in [5.41, 5.74) is 1.65. The number of nitrogens with one attached hydrogen (secondary N) is 1. The molecular weight excluding hydrogens is 369 g/mol. The molecular formula is C24H22FNO3. The third-order valence-corrected chi connectivity index (χ3v) is 5.43. The second-order valence-electron chi connectivity index (χ2n) is 7.55. The van der Waals surface area contributed by atoms with Crippen LogP contribution in [0.15, 0.2) is 54.6 Å². The topological polar surface area (TPSA) is 55.4 Å². The highest BCUT2D eigenvalue weighted by Crippen LogP contribution is 2.39. The minimum Gasteiger partial charge on any atom is -0.483 e. The molecule has 5 heteroatoms. The second kappa shape index (κ2) is 7.66. The van der Waals surface area contributed by atoms with Crippen molar-refractivity contribution in [2.45, 2.75) is 32.2 Å². The molecule has 1 aliphatic rings. The van der Waals surface area contributed by atoms with Crippen LogP contribution in [-0.4, -0.2) is 18.3 Å². The second-order valence-corrected chi connectivity index (χ2v) is 7.55. The van der Waals surface area contributed by atoms with Gasteiger partial charge in [0.1, 0.15) is 11.6 Å². The van der Waals surface area contributed by atoms with Gasteiger partial charge in [0.05, 0.1) is 11.6 Å². The SMILES string of the molecule is C[C@H](NC(=O)COc1ccc(F)c2c1C(=O)C[C@@H]2C)c1ccc2ccccc2c1. The summed E-state index contributed by atoms with van der Waals surface area (Å²) in [5, 5.41) is 5.16. The first-order valence-corrected chi connectivity index (χ1v) is 9.70. The lowest BCUT2D eigenvalue weighted by Crippen LogP contribution is -2.31. The highest BCUT2D eigenvalue weighted by atomic mass is 19.1. The molecule has 3 aromatic carbocycles. The highest BCUT2D eigenvalue weighted by Gasteiger charge is 2.32. The van der Waals surface area contributed by atoms with Gasteiger partial charge in [-0.2, -0.15) is 0 Å². The van der Waals surface area contributed by atoms with E-state index in [9.17, 15) is 14.0 Å². The van der Waals surface area contributed by atoms with Gasteiger partial charge in [0.15, 0.2) is 12.4 Å². The first kappa shape index (κ1) is 19.1. The van der Waals surface area contributed by atoms with E-state index in [1.165, 1.54) is 12.1 Å². The van der Waals surface area contributed by atoms with Gasteiger partial charge in [-0.15, -0.1) is 0 Å². The molecule has 0 aliphatic heterocycles. The largest absolute Gasteiger partial charge is 0.483 e. The minimum atomic E-state index is -0.403. The fourth-order valence-electron chi connectivity index (χ4n) is 3.93. The van der Waals surface area contributed by atoms with E-state index in [0.29, 0.717) is 5.56 Å². The van der Waals surface area contributed by atoms with E-state index in [4.69, 9.17) is 4.74 Å². The Labute approximate surface area is 168 Å². The lowest BCUT2D eigenvalue weighted by molar-refractivity contribution is -0.123. The van der Waals surface area contributed by atoms with Crippen LogP contribution in [0.3, 0.4) is 0 Å². The molecule has 29 heavy (non-hydrogen) atoms. The van der Waals surface area contributed by atoms with Crippen LogP contribution in [0, 0.1) is 5.82 Å². The Morgan fingerprint density at radius 2 is 1.93 bits per heavy atom. The number of amides is 1. The van der Waals surface area contributed by atoms with E-state index < -0.39 is 5.82 Å². The van der Waals surface area contributed by atoms with Crippen molar-refractivity contribution in [2.24, 2.45) is 0 Å². The predicted molar refractivity (Wildman–Crippen MR) is 110 cm³/mol. The van der Waals surface area contributed by atoms with Crippen molar-refractivity contribution in [3.8, 4) is 5.75 Å². The third-order valence-electron chi connectivity index (χ3n) is 5.43. The number of hydrogen-bond donors (Lipinski definition) is 1. The van der Waals surface area contributed by atoms with Gasteiger partial charge in [0.2, 0.25) is 0 Å². The standard InChI is InChI=1S/C24H22FNO3/c1-14-11-20(27)24-21(10-9-19(25)23(14)24)29-13-22(28)26-15(2)17-8-7-16-5-3-4-6-18(16)12-17/h3-10,12,14-15H,11,13H2,1-2H3,(H,26,28)/t14-,15-/m0/s1. The lowest BCUT2D eigenvalue weighted by atomic mass is 10.0. The average molecular weight is 391 g/mol. The van der Waals surface area contributed by atoms with Crippen LogP contribution in [0.4, 0.5) is 4.39 Å². The Bertz CT molecular complexity index is 1110. The number of Topliss-reactive ketones (excluding diaryl/α,β-unsaturated/α-hetero) is 1. The first-order chi connectivity index (χ1) is 13.9. The number of fused-ring (bicyclic) bond motifs is 2. The van der Waals surface area contributed by atoms with Gasteiger partial charge in [-0.25, -0.2) is 4.39 Å². The molecule has 0 saturated carbocycles. The fraction of sp³-hybridized carbons (Fsp3) is 0.250. The zero-order valence-electron chi connectivity index (χ0n) is 16.4. The zero-order valence-corrected chi connectivity index (χ0v) is 16.4. The van der Waals surface area contributed by atoms with Crippen molar-refractivity contribution in [3.05, 3.63) is 77.1 Å². The molecule has 148 valence electrons. The smallest absolute Gasteiger partial charge is 0.258 e. The summed E-state index contributed by atoms with van der Waals surface area (Å²) >= 11 is 0. The van der Waals surface area contributed by atoms with Crippen LogP contribution in [0.5, 0.6) is 5.75 Å². The number of benzene rings is 3. The summed E-state index contributed by atoms with van der Waals surface area (Å²) < 4.78 is 19.7. The van der Waals surface area contributed by atoms with Crippen LogP contribution in [0.25, 0.3) is 10.8 Å². The van der Waals surface area contributed by atoms with Gasteiger partial charge < -0.3 is 10.1 Å². The summed E-state index contributed by atoms with van der Waals surface area (Å²) in [7, 11) is 0. The molecule has 0 bridgehead atoms. The summed E-state index contributed by atoms with van der Waals surface area (Å²) in [5.74, 6) is -0.763. The van der Waals surface area contributed by atoms with Crippen molar-refractivity contribution in [3.63, 3.8) is 0 Å². The number of ether oxygens (including phenoxy) is 1. The summed E-state index contributed by atoms with van der Waals surface area (Å²) in [6.45, 7) is 3.48. The van der Waals surface area contributed by atoms with E-state index in [2.05, 4.69) is 5.32 Å². The number of ketones is 1. The molecule has 0 radical (unpaired) electrons. The molecule has 0 unspecified atom stereocenters. The van der Waals surface area contributed by atoms with Gasteiger partial charge in [0, 0.05) is 12.0 Å². The van der Waals surface area contributed by atoms with E-state index in [0.717, 1.165) is 16.3 Å². The van der Waals surface area contributed by atoms with Crippen LogP contribution in [-0.2, 0) is 4.79 Å². The summed E-state index contributed by atoms with van der Waals surface area (Å²) in [6.07, 6.45) is 0.262. The minimum absolute atomic E-state index is 0.146. The van der Waals surface area contributed by atoms with E-state index in [1.54, 1.807) is 0 Å². The van der Waals surface area contributed by atoms with Crippen molar-refractivity contribution < 1.29 is 18.7 Å². The highest BCUT2D eigenvalue weighted by molar-refractivity contribution is 6.03. The Morgan fingerprint density at radius 1 is 1.17 bits per heavy atom. The average Bonchev–Trinajstić information content (AvgIpc) is 3.02. The van der Waals surface area contributed by atoms with Gasteiger partial charge in [-0.3, -0.25) is 9.59 Å². The number of halogens is 1. The molecule has 4 rings (SSSR count). The number of rotatable bonds is 5. The first-order valence-electron chi connectivity index (χ1n) is 9.70. The van der Waals surface area contributed by atoms with Crippen molar-refractivity contribution >= 4 is 22.5 Å². The number of carbonyl (C=O) groups excluding carboxylic acids is 2. The molecule has 3 aromatic rings. The third kappa shape index (κ3) is 3.73. The van der Waals surface area contributed by atoms with E-state index >= 15 is 0 Å². The molecule has 0 aromatic heterocycles. The van der Waals surface area contributed by atoms with Crippen LogP contribution in [0.1, 0.15) is 53.7 Å². The van der Waals surface area contributed by atoms with Crippen molar-refractivity contribution in [2.75, 3.05) is 6.61 Å². The molecule has 1 amide bonds. The van der Waals surface area contributed by atoms with Crippen LogP contribution >= 0.6 is 0 Å². The fourth-order valence-corrected chi connectivity index (χ4v) is 3.93. The lowest BCUT2D eigenvalue weighted by Gasteiger charge is -2.16. The summed E-state index contributed by atoms with van der Waals surface area (Å²) in [4.78, 5) is 24.6. The molecule has 0 spiro atoms. The Balaban J connectivity index is 1.43. The van der Waals surface area contributed by atoms with Crippen molar-refractivity contribution in [1.29, 1.82) is 0 Å². The Morgan fingerprint density at radius 3 is 2.72 bits per heavy atom. The van der Waals surface area contributed by atoms with Gasteiger partial charge in [-0.1, -0.05) is 43.3 Å². The molecule has 1 N–H and O–H groups in total. The van der Waals surface area contributed by atoms with Crippen LogP contribution < -0.4 is 10.1 Å². The molecule has 0 fully saturated rings. The molecule has 0 heterocycles.